The van der Waals surface area contributed by atoms with Crippen LogP contribution >= 0.6 is 0 Å². The highest BCUT2D eigenvalue weighted by Crippen LogP contribution is 2.25. The summed E-state index contributed by atoms with van der Waals surface area (Å²) in [5.41, 5.74) is 1.28. The zero-order chi connectivity index (χ0) is 16.5. The zero-order valence-corrected chi connectivity index (χ0v) is 13.8. The Morgan fingerprint density at radius 2 is 2.05 bits per heavy atom. The van der Waals surface area contributed by atoms with Gasteiger partial charge in [-0.3, -0.25) is 9.89 Å². The van der Waals surface area contributed by atoms with Gasteiger partial charge in [-0.15, -0.1) is 0 Å². The SMILES string of the molecule is CC(C)C(=O)Nc1n[nH]c2c1CN(C(=O)OC(C)(C)C)CC2. The predicted molar refractivity (Wildman–Crippen MR) is 82.4 cm³/mol. The van der Waals surface area contributed by atoms with Crippen LogP contribution in [0, 0.1) is 5.92 Å². The van der Waals surface area contributed by atoms with Gasteiger partial charge < -0.3 is 15.0 Å². The van der Waals surface area contributed by atoms with E-state index in [1.165, 1.54) is 0 Å². The van der Waals surface area contributed by atoms with Crippen LogP contribution in [0.3, 0.4) is 0 Å². The molecule has 0 saturated carbocycles. The van der Waals surface area contributed by atoms with E-state index >= 15 is 0 Å². The number of fused-ring (bicyclic) bond motifs is 1. The molecule has 0 saturated heterocycles. The fourth-order valence-electron chi connectivity index (χ4n) is 2.14. The number of ether oxygens (including phenoxy) is 1. The van der Waals surface area contributed by atoms with Gasteiger partial charge in [0.25, 0.3) is 0 Å². The molecule has 2 heterocycles. The van der Waals surface area contributed by atoms with Gasteiger partial charge in [-0.05, 0) is 20.8 Å². The molecule has 7 nitrogen and oxygen atoms in total. The summed E-state index contributed by atoms with van der Waals surface area (Å²) in [7, 11) is 0. The average molecular weight is 308 g/mol. The lowest BCUT2D eigenvalue weighted by atomic mass is 10.1. The maximum Gasteiger partial charge on any atom is 0.410 e. The molecule has 0 spiro atoms. The van der Waals surface area contributed by atoms with Crippen LogP contribution in [0.4, 0.5) is 10.6 Å². The summed E-state index contributed by atoms with van der Waals surface area (Å²) in [6.45, 7) is 10.1. The van der Waals surface area contributed by atoms with Crippen molar-refractivity contribution in [3.8, 4) is 0 Å². The van der Waals surface area contributed by atoms with Gasteiger partial charge in [0.1, 0.15) is 5.60 Å². The first kappa shape index (κ1) is 16.3. The molecule has 1 aromatic heterocycles. The number of carbonyl (C=O) groups is 2. The lowest BCUT2D eigenvalue weighted by molar-refractivity contribution is -0.118. The van der Waals surface area contributed by atoms with Crippen LogP contribution in [0.1, 0.15) is 45.9 Å². The summed E-state index contributed by atoms with van der Waals surface area (Å²) >= 11 is 0. The number of nitrogens with zero attached hydrogens (tertiary/aromatic N) is 2. The van der Waals surface area contributed by atoms with Crippen molar-refractivity contribution in [1.82, 2.24) is 15.1 Å². The van der Waals surface area contributed by atoms with Crippen LogP contribution in [0.5, 0.6) is 0 Å². The van der Waals surface area contributed by atoms with E-state index in [1.807, 2.05) is 34.6 Å². The van der Waals surface area contributed by atoms with Crippen molar-refractivity contribution in [2.24, 2.45) is 5.92 Å². The minimum atomic E-state index is -0.525. The third-order valence-corrected chi connectivity index (χ3v) is 3.35. The highest BCUT2D eigenvalue weighted by molar-refractivity contribution is 5.92. The number of aromatic nitrogens is 2. The van der Waals surface area contributed by atoms with E-state index in [2.05, 4.69) is 15.5 Å². The number of hydrogen-bond acceptors (Lipinski definition) is 4. The van der Waals surface area contributed by atoms with Gasteiger partial charge in [-0.25, -0.2) is 4.79 Å². The van der Waals surface area contributed by atoms with E-state index in [-0.39, 0.29) is 17.9 Å². The van der Waals surface area contributed by atoms with Crippen LogP contribution in [0.15, 0.2) is 0 Å². The Labute approximate surface area is 130 Å². The third-order valence-electron chi connectivity index (χ3n) is 3.35. The molecule has 2 N–H and O–H groups in total. The maximum atomic E-state index is 12.2. The molecule has 0 atom stereocenters. The van der Waals surface area contributed by atoms with E-state index in [1.54, 1.807) is 4.90 Å². The highest BCUT2D eigenvalue weighted by atomic mass is 16.6. The summed E-state index contributed by atoms with van der Waals surface area (Å²) in [4.78, 5) is 25.6. The zero-order valence-electron chi connectivity index (χ0n) is 13.8. The van der Waals surface area contributed by atoms with Crippen LogP contribution in [-0.2, 0) is 22.5 Å². The van der Waals surface area contributed by atoms with Crippen LogP contribution in [0.2, 0.25) is 0 Å². The molecule has 1 aliphatic rings. The van der Waals surface area contributed by atoms with Crippen LogP contribution in [0.25, 0.3) is 0 Å². The number of carbonyl (C=O) groups excluding carboxylic acids is 2. The van der Waals surface area contributed by atoms with Crippen molar-refractivity contribution in [1.29, 1.82) is 0 Å². The van der Waals surface area contributed by atoms with Crippen LogP contribution in [-0.4, -0.2) is 39.2 Å². The van der Waals surface area contributed by atoms with Crippen molar-refractivity contribution in [2.75, 3.05) is 11.9 Å². The molecule has 22 heavy (non-hydrogen) atoms. The Kier molecular flexibility index (Phi) is 4.44. The van der Waals surface area contributed by atoms with Gasteiger partial charge in [0, 0.05) is 30.1 Å². The number of anilines is 1. The van der Waals surface area contributed by atoms with Crippen molar-refractivity contribution in [3.63, 3.8) is 0 Å². The Bertz CT molecular complexity index is 572. The van der Waals surface area contributed by atoms with E-state index in [0.717, 1.165) is 11.3 Å². The van der Waals surface area contributed by atoms with Crippen molar-refractivity contribution in [3.05, 3.63) is 11.3 Å². The van der Waals surface area contributed by atoms with E-state index in [4.69, 9.17) is 4.74 Å². The smallest absolute Gasteiger partial charge is 0.410 e. The van der Waals surface area contributed by atoms with E-state index in [9.17, 15) is 9.59 Å². The average Bonchev–Trinajstić information content (AvgIpc) is 2.79. The first-order chi connectivity index (χ1) is 10.2. The molecule has 0 radical (unpaired) electrons. The van der Waals surface area contributed by atoms with Gasteiger partial charge >= 0.3 is 6.09 Å². The first-order valence-corrected chi connectivity index (χ1v) is 7.52. The topological polar surface area (TPSA) is 87.3 Å². The Morgan fingerprint density at radius 3 is 2.64 bits per heavy atom. The number of hydrogen-bond donors (Lipinski definition) is 2. The quantitative estimate of drug-likeness (QED) is 0.877. The van der Waals surface area contributed by atoms with Crippen molar-refractivity contribution >= 4 is 17.8 Å². The molecular weight excluding hydrogens is 284 g/mol. The van der Waals surface area contributed by atoms with Gasteiger partial charge in [0.15, 0.2) is 5.82 Å². The number of amides is 2. The minimum Gasteiger partial charge on any atom is -0.444 e. The summed E-state index contributed by atoms with van der Waals surface area (Å²) in [5.74, 6) is 0.281. The van der Waals surface area contributed by atoms with Gasteiger partial charge in [0.05, 0.1) is 6.54 Å². The molecule has 0 fully saturated rings. The largest absolute Gasteiger partial charge is 0.444 e. The summed E-state index contributed by atoms with van der Waals surface area (Å²) in [6.07, 6.45) is 0.319. The highest BCUT2D eigenvalue weighted by Gasteiger charge is 2.29. The molecule has 1 aliphatic heterocycles. The standard InChI is InChI=1S/C15H24N4O3/c1-9(2)13(20)16-12-10-8-19(7-6-11(10)17-18-12)14(21)22-15(3,4)5/h9H,6-8H2,1-5H3,(H2,16,17,18,20). The lowest BCUT2D eigenvalue weighted by Gasteiger charge is -2.30. The van der Waals surface area contributed by atoms with Gasteiger partial charge in [-0.2, -0.15) is 5.10 Å². The monoisotopic (exact) mass is 308 g/mol. The normalized spacial score (nSPS) is 14.7. The fraction of sp³-hybridized carbons (Fsp3) is 0.667. The number of nitrogens with one attached hydrogen (secondary N) is 2. The minimum absolute atomic E-state index is 0.0938. The number of H-pyrrole nitrogens is 1. The summed E-state index contributed by atoms with van der Waals surface area (Å²) in [5, 5.41) is 9.88. The molecule has 0 unspecified atom stereocenters. The second-order valence-electron chi connectivity index (χ2n) is 6.83. The summed E-state index contributed by atoms with van der Waals surface area (Å²) < 4.78 is 5.40. The molecule has 7 heteroatoms. The molecule has 0 bridgehead atoms. The van der Waals surface area contributed by atoms with Crippen molar-refractivity contribution in [2.45, 2.75) is 53.2 Å². The Hall–Kier alpha value is -2.05. The third kappa shape index (κ3) is 3.78. The molecule has 1 aromatic rings. The predicted octanol–water partition coefficient (Wildman–Crippen LogP) is 2.30. The maximum absolute atomic E-state index is 12.2. The van der Waals surface area contributed by atoms with Gasteiger partial charge in [-0.1, -0.05) is 13.8 Å². The molecule has 0 aliphatic carbocycles. The molecular formula is C15H24N4O3. The first-order valence-electron chi connectivity index (χ1n) is 7.52. The Balaban J connectivity index is 2.10. The molecule has 122 valence electrons. The van der Waals surface area contributed by atoms with Crippen LogP contribution < -0.4 is 5.32 Å². The fourth-order valence-corrected chi connectivity index (χ4v) is 2.14. The second kappa shape index (κ2) is 5.98. The molecule has 2 rings (SSSR count). The van der Waals surface area contributed by atoms with E-state index < -0.39 is 5.60 Å². The summed E-state index contributed by atoms with van der Waals surface area (Å²) in [6, 6.07) is 0. The van der Waals surface area contributed by atoms with E-state index in [0.29, 0.717) is 25.3 Å². The lowest BCUT2D eigenvalue weighted by Crippen LogP contribution is -2.40. The second-order valence-corrected chi connectivity index (χ2v) is 6.83. The molecule has 0 aromatic carbocycles. The number of aromatic amines is 1. The van der Waals surface area contributed by atoms with Crippen molar-refractivity contribution < 1.29 is 14.3 Å². The van der Waals surface area contributed by atoms with Gasteiger partial charge in [0.2, 0.25) is 5.91 Å². The number of rotatable bonds is 2. The Morgan fingerprint density at radius 1 is 1.36 bits per heavy atom. The molecule has 2 amide bonds.